The fourth-order valence-corrected chi connectivity index (χ4v) is 10.4. The summed E-state index contributed by atoms with van der Waals surface area (Å²) >= 11 is 6.60. The Balaban J connectivity index is 0.762. The van der Waals surface area contributed by atoms with Gasteiger partial charge in [-0.3, -0.25) is 34.2 Å². The number of rotatable bonds is 12. The van der Waals surface area contributed by atoms with Crippen molar-refractivity contribution in [3.8, 4) is 5.75 Å². The molecule has 2 aromatic carbocycles. The summed E-state index contributed by atoms with van der Waals surface area (Å²) in [7, 11) is 1.51. The van der Waals surface area contributed by atoms with Crippen molar-refractivity contribution in [3.05, 3.63) is 74.9 Å². The SMILES string of the molecule is CNC(=O)COc1cc2cc(Nc3nc(N4CCC(O[C@H]5C[C@H](N6CCN(c7ccc8c(c7F)[C@H](C)N([C@H]7CCC(=O)NC7=O)C8=O)[C@H](C)C6)C5)CC4)ncc3Cl)ccc2n(C(C)C)c1=O. The minimum atomic E-state index is -0.811. The second-order valence-corrected chi connectivity index (χ2v) is 18.7. The predicted molar refractivity (Wildman–Crippen MR) is 247 cm³/mol. The summed E-state index contributed by atoms with van der Waals surface area (Å²) < 4.78 is 30.3. The molecular formula is C47H56ClFN10O7. The molecule has 6 heterocycles. The van der Waals surface area contributed by atoms with Crippen LogP contribution in [0.1, 0.15) is 94.2 Å². The number of benzene rings is 2. The molecule has 9 rings (SSSR count). The first kappa shape index (κ1) is 45.3. The zero-order valence-corrected chi connectivity index (χ0v) is 38.6. The van der Waals surface area contributed by atoms with Crippen molar-refractivity contribution >= 4 is 69.3 Å². The van der Waals surface area contributed by atoms with Crippen molar-refractivity contribution in [3.63, 3.8) is 0 Å². The maximum absolute atomic E-state index is 16.4. The number of pyridine rings is 1. The third-order valence-corrected chi connectivity index (χ3v) is 14.1. The van der Waals surface area contributed by atoms with E-state index in [4.69, 9.17) is 26.1 Å². The average molecular weight is 927 g/mol. The van der Waals surface area contributed by atoms with E-state index in [2.05, 4.69) is 42.6 Å². The van der Waals surface area contributed by atoms with Crippen LogP contribution in [0.25, 0.3) is 10.9 Å². The molecule has 19 heteroatoms. The zero-order chi connectivity index (χ0) is 46.6. The number of likely N-dealkylation sites (N-methyl/N-ethyl adjacent to an activating group) is 1. The van der Waals surface area contributed by atoms with E-state index in [0.29, 0.717) is 46.3 Å². The average Bonchev–Trinajstić information content (AvgIpc) is 3.53. The molecule has 4 fully saturated rings. The van der Waals surface area contributed by atoms with Crippen molar-refractivity contribution in [2.75, 3.05) is 61.5 Å². The molecule has 17 nitrogen and oxygen atoms in total. The molecule has 350 valence electrons. The van der Waals surface area contributed by atoms with Crippen LogP contribution in [0.15, 0.2) is 47.4 Å². The molecule has 3 atom stereocenters. The third-order valence-electron chi connectivity index (χ3n) is 13.8. The lowest BCUT2D eigenvalue weighted by Crippen LogP contribution is -2.59. The van der Waals surface area contributed by atoms with Gasteiger partial charge < -0.3 is 39.4 Å². The first-order valence-corrected chi connectivity index (χ1v) is 23.3. The molecule has 2 aromatic heterocycles. The van der Waals surface area contributed by atoms with Crippen LogP contribution in [0.5, 0.6) is 5.75 Å². The van der Waals surface area contributed by atoms with Crippen LogP contribution in [0, 0.1) is 5.82 Å². The van der Waals surface area contributed by atoms with Crippen LogP contribution < -0.4 is 36.0 Å². The number of halogens is 2. The van der Waals surface area contributed by atoms with Crippen molar-refractivity contribution in [1.29, 1.82) is 0 Å². The smallest absolute Gasteiger partial charge is 0.293 e. The highest BCUT2D eigenvalue weighted by Gasteiger charge is 2.46. The molecule has 5 aliphatic rings. The largest absolute Gasteiger partial charge is 0.478 e. The lowest BCUT2D eigenvalue weighted by atomic mass is 9.86. The van der Waals surface area contributed by atoms with Crippen molar-refractivity contribution < 1.29 is 33.0 Å². The first-order valence-electron chi connectivity index (χ1n) is 22.9. The van der Waals surface area contributed by atoms with E-state index >= 15 is 4.39 Å². The molecule has 66 heavy (non-hydrogen) atoms. The molecule has 0 radical (unpaired) electrons. The highest BCUT2D eigenvalue weighted by Crippen LogP contribution is 2.42. The molecule has 1 aliphatic carbocycles. The fourth-order valence-electron chi connectivity index (χ4n) is 10.3. The number of anilines is 4. The Morgan fingerprint density at radius 2 is 1.77 bits per heavy atom. The van der Waals surface area contributed by atoms with Gasteiger partial charge in [-0.05, 0) is 96.2 Å². The Morgan fingerprint density at radius 3 is 2.48 bits per heavy atom. The number of nitrogens with zero attached hydrogens (tertiary/aromatic N) is 7. The lowest BCUT2D eigenvalue weighted by Gasteiger charge is -2.49. The Bertz CT molecular complexity index is 2630. The van der Waals surface area contributed by atoms with E-state index in [9.17, 15) is 24.0 Å². The number of hydrogen-bond donors (Lipinski definition) is 3. The van der Waals surface area contributed by atoms with Gasteiger partial charge in [-0.25, -0.2) is 9.37 Å². The molecule has 3 saturated heterocycles. The van der Waals surface area contributed by atoms with E-state index in [0.717, 1.165) is 62.8 Å². The number of hydrogen-bond acceptors (Lipinski definition) is 13. The summed E-state index contributed by atoms with van der Waals surface area (Å²) in [6.07, 6.45) is 5.82. The molecule has 4 aromatic rings. The minimum absolute atomic E-state index is 0.0356. The minimum Gasteiger partial charge on any atom is -0.478 e. The predicted octanol–water partition coefficient (Wildman–Crippen LogP) is 5.08. The Labute approximate surface area is 386 Å². The molecule has 0 spiro atoms. The van der Waals surface area contributed by atoms with Crippen molar-refractivity contribution in [1.82, 2.24) is 35.0 Å². The van der Waals surface area contributed by atoms with E-state index in [-0.39, 0.29) is 78.3 Å². The number of fused-ring (bicyclic) bond motifs is 2. The van der Waals surface area contributed by atoms with Crippen LogP contribution in [0.2, 0.25) is 5.02 Å². The Kier molecular flexibility index (Phi) is 12.7. The van der Waals surface area contributed by atoms with Gasteiger partial charge in [0.2, 0.25) is 17.8 Å². The number of carbonyl (C=O) groups excluding carboxylic acids is 4. The van der Waals surface area contributed by atoms with Gasteiger partial charge in [0.25, 0.3) is 17.4 Å². The quantitative estimate of drug-likeness (QED) is 0.160. The first-order chi connectivity index (χ1) is 31.7. The highest BCUT2D eigenvalue weighted by molar-refractivity contribution is 6.33. The number of amides is 4. The Morgan fingerprint density at radius 1 is 1.00 bits per heavy atom. The van der Waals surface area contributed by atoms with Crippen LogP contribution in [0.3, 0.4) is 0 Å². The maximum atomic E-state index is 16.4. The second kappa shape index (κ2) is 18.4. The molecule has 4 amide bonds. The van der Waals surface area contributed by atoms with E-state index in [1.165, 1.54) is 11.9 Å². The van der Waals surface area contributed by atoms with Gasteiger partial charge in [-0.15, -0.1) is 0 Å². The summed E-state index contributed by atoms with van der Waals surface area (Å²) in [4.78, 5) is 80.4. The highest BCUT2D eigenvalue weighted by atomic mass is 35.5. The Hall–Kier alpha value is -5.85. The summed E-state index contributed by atoms with van der Waals surface area (Å²) in [6.45, 7) is 11.1. The van der Waals surface area contributed by atoms with Gasteiger partial charge in [0.15, 0.2) is 24.0 Å². The number of ether oxygens (including phenoxy) is 2. The third kappa shape index (κ3) is 8.65. The summed E-state index contributed by atoms with van der Waals surface area (Å²) in [5.74, 6) is -0.924. The monoisotopic (exact) mass is 926 g/mol. The number of imide groups is 1. The van der Waals surface area contributed by atoms with Crippen molar-refractivity contribution in [2.24, 2.45) is 0 Å². The van der Waals surface area contributed by atoms with Crippen molar-refractivity contribution in [2.45, 2.75) is 109 Å². The fraction of sp³-hybridized carbons (Fsp3) is 0.511. The summed E-state index contributed by atoms with van der Waals surface area (Å²) in [6, 6.07) is 9.46. The molecule has 3 N–H and O–H groups in total. The number of piperidine rings is 2. The van der Waals surface area contributed by atoms with Gasteiger partial charge in [-0.1, -0.05) is 11.6 Å². The van der Waals surface area contributed by atoms with Gasteiger partial charge in [-0.2, -0.15) is 4.98 Å². The van der Waals surface area contributed by atoms with Crippen LogP contribution in [-0.2, 0) is 19.1 Å². The topological polar surface area (TPSA) is 184 Å². The molecular weight excluding hydrogens is 871 g/mol. The standard InChI is InChI=1S/C47H56ClFN10O7/c1-25(2)58-35-8-6-29(18-28(35)19-38(46(58)64)65-24-40(61)50-5)52-43-34(48)22-51-47(54-43)55-14-12-31(13-15-55)66-32-20-30(21-32)56-16-17-57(26(3)23-56)36-9-7-33-41(42(36)49)27(4)59(45(33)63)37-10-11-39(60)53-44(37)62/h6-9,18-19,22,25-27,30-32,37H,10-17,20-21,23-24H2,1-5H3,(H,50,61)(H,51,52,54)(H,53,60,62)/t26-,27+,30-,32-,37+/m1/s1. The normalized spacial score (nSPS) is 23.8. The zero-order valence-electron chi connectivity index (χ0n) is 37.8. The van der Waals surface area contributed by atoms with Gasteiger partial charge in [0.1, 0.15) is 11.1 Å². The lowest BCUT2D eigenvalue weighted by molar-refractivity contribution is -0.137. The van der Waals surface area contributed by atoms with E-state index in [1.807, 2.05) is 32.0 Å². The summed E-state index contributed by atoms with van der Waals surface area (Å²) in [5, 5.41) is 9.25. The van der Waals surface area contributed by atoms with E-state index < -0.39 is 23.8 Å². The van der Waals surface area contributed by atoms with Crippen LogP contribution in [0.4, 0.5) is 27.5 Å². The number of nitrogens with one attached hydrogen (secondary N) is 3. The summed E-state index contributed by atoms with van der Waals surface area (Å²) in [5.41, 5.74) is 2.16. The number of aromatic nitrogens is 3. The maximum Gasteiger partial charge on any atom is 0.293 e. The number of piperazine rings is 1. The van der Waals surface area contributed by atoms with Crippen LogP contribution in [-0.4, -0.2) is 125 Å². The van der Waals surface area contributed by atoms with Gasteiger partial charge >= 0.3 is 0 Å². The van der Waals surface area contributed by atoms with Gasteiger partial charge in [0.05, 0.1) is 35.7 Å². The molecule has 4 aliphatic heterocycles. The molecule has 1 saturated carbocycles. The number of carbonyl (C=O) groups is 4. The molecule has 0 unspecified atom stereocenters. The van der Waals surface area contributed by atoms with Crippen LogP contribution >= 0.6 is 11.6 Å². The second-order valence-electron chi connectivity index (χ2n) is 18.3. The van der Waals surface area contributed by atoms with E-state index in [1.54, 1.807) is 35.9 Å². The van der Waals surface area contributed by atoms with Gasteiger partial charge in [0, 0.05) is 86.5 Å². The molecule has 0 bridgehead atoms.